The summed E-state index contributed by atoms with van der Waals surface area (Å²) < 4.78 is 1.38. The number of nitrogens with one attached hydrogen (secondary N) is 1. The van der Waals surface area contributed by atoms with Gasteiger partial charge in [0.1, 0.15) is 0 Å². The topological polar surface area (TPSA) is 15.3 Å². The van der Waals surface area contributed by atoms with Gasteiger partial charge in [-0.05, 0) is 72.5 Å². The molecular formula is C13H21IN2S. The number of hydrogen-bond donors (Lipinski definition) is 1. The van der Waals surface area contributed by atoms with Gasteiger partial charge in [-0.15, -0.1) is 11.3 Å². The maximum Gasteiger partial charge on any atom is 0.0656 e. The molecular weight excluding hydrogens is 343 g/mol. The number of piperidine rings is 1. The number of nitrogens with zero attached hydrogens (tertiary/aromatic N) is 1. The molecule has 0 bridgehead atoms. The number of rotatable bonds is 5. The Morgan fingerprint density at radius 3 is 2.82 bits per heavy atom. The molecule has 2 rings (SSSR count). The largest absolute Gasteiger partial charge is 0.309 e. The van der Waals surface area contributed by atoms with E-state index in [1.54, 1.807) is 0 Å². The molecule has 4 heteroatoms. The summed E-state index contributed by atoms with van der Waals surface area (Å²) in [6.07, 6.45) is 4.19. The maximum atomic E-state index is 3.62. The van der Waals surface area contributed by atoms with E-state index in [0.29, 0.717) is 6.04 Å². The number of halogens is 1. The van der Waals surface area contributed by atoms with Crippen molar-refractivity contribution in [2.24, 2.45) is 0 Å². The second-order valence-corrected chi connectivity index (χ2v) is 7.71. The Kier molecular flexibility index (Phi) is 5.72. The van der Waals surface area contributed by atoms with Crippen molar-refractivity contribution in [2.45, 2.75) is 38.8 Å². The van der Waals surface area contributed by atoms with Gasteiger partial charge < -0.3 is 10.2 Å². The van der Waals surface area contributed by atoms with E-state index in [9.17, 15) is 0 Å². The number of likely N-dealkylation sites (tertiary alicyclic amines) is 1. The zero-order chi connectivity index (χ0) is 12.1. The molecule has 1 aromatic rings. The Labute approximate surface area is 122 Å². The van der Waals surface area contributed by atoms with Crippen LogP contribution in [-0.2, 0) is 6.54 Å². The van der Waals surface area contributed by atoms with Crippen LogP contribution in [-0.4, -0.2) is 30.6 Å². The van der Waals surface area contributed by atoms with Gasteiger partial charge in [0.05, 0.1) is 2.88 Å². The fourth-order valence-corrected chi connectivity index (χ4v) is 3.74. The summed E-state index contributed by atoms with van der Waals surface area (Å²) >= 11 is 4.21. The molecule has 0 aromatic carbocycles. The van der Waals surface area contributed by atoms with Gasteiger partial charge in [-0.25, -0.2) is 0 Å². The third kappa shape index (κ3) is 4.85. The quantitative estimate of drug-likeness (QED) is 0.807. The summed E-state index contributed by atoms with van der Waals surface area (Å²) in [7, 11) is 0. The first-order valence-electron chi connectivity index (χ1n) is 6.42. The lowest BCUT2D eigenvalue weighted by Gasteiger charge is -2.29. The lowest BCUT2D eigenvalue weighted by molar-refractivity contribution is 0.209. The highest BCUT2D eigenvalue weighted by molar-refractivity contribution is 14.1. The molecule has 1 saturated heterocycles. The monoisotopic (exact) mass is 364 g/mol. The fourth-order valence-electron chi connectivity index (χ4n) is 2.32. The standard InChI is InChI=1S/C13H21IN2S/c1-11(9-16-5-3-2-4-6-16)15-8-12-7-13(14)17-10-12/h7,10-11,15H,2-6,8-9H2,1H3. The van der Waals surface area contributed by atoms with Gasteiger partial charge in [0.2, 0.25) is 0 Å². The van der Waals surface area contributed by atoms with Crippen molar-refractivity contribution in [1.82, 2.24) is 10.2 Å². The summed E-state index contributed by atoms with van der Waals surface area (Å²) in [5.74, 6) is 0. The van der Waals surface area contributed by atoms with Gasteiger partial charge in [-0.1, -0.05) is 6.42 Å². The van der Waals surface area contributed by atoms with Gasteiger partial charge in [0.25, 0.3) is 0 Å². The fraction of sp³-hybridized carbons (Fsp3) is 0.692. The average molecular weight is 364 g/mol. The molecule has 1 aliphatic heterocycles. The zero-order valence-corrected chi connectivity index (χ0v) is 13.4. The third-order valence-corrected chi connectivity index (χ3v) is 5.09. The van der Waals surface area contributed by atoms with Crippen LogP contribution >= 0.6 is 33.9 Å². The Morgan fingerprint density at radius 2 is 2.18 bits per heavy atom. The lowest BCUT2D eigenvalue weighted by atomic mass is 10.1. The molecule has 2 nitrogen and oxygen atoms in total. The molecule has 2 heterocycles. The Bertz CT molecular complexity index is 334. The summed E-state index contributed by atoms with van der Waals surface area (Å²) in [5, 5.41) is 5.87. The highest BCUT2D eigenvalue weighted by Gasteiger charge is 2.12. The maximum absolute atomic E-state index is 3.62. The van der Waals surface area contributed by atoms with Crippen molar-refractivity contribution in [2.75, 3.05) is 19.6 Å². The van der Waals surface area contributed by atoms with Gasteiger partial charge in [-0.3, -0.25) is 0 Å². The van der Waals surface area contributed by atoms with Crippen molar-refractivity contribution in [3.63, 3.8) is 0 Å². The van der Waals surface area contributed by atoms with E-state index in [2.05, 4.69) is 51.2 Å². The summed E-state index contributed by atoms with van der Waals surface area (Å²) in [5.41, 5.74) is 1.42. The van der Waals surface area contributed by atoms with Crippen LogP contribution in [0.4, 0.5) is 0 Å². The van der Waals surface area contributed by atoms with Gasteiger partial charge in [-0.2, -0.15) is 0 Å². The van der Waals surface area contributed by atoms with Gasteiger partial charge in [0, 0.05) is 19.1 Å². The SMILES string of the molecule is CC(CN1CCCCC1)NCc1csc(I)c1. The summed E-state index contributed by atoms with van der Waals surface area (Å²) in [4.78, 5) is 2.60. The molecule has 96 valence electrons. The van der Waals surface area contributed by atoms with Crippen LogP contribution in [0.3, 0.4) is 0 Å². The van der Waals surface area contributed by atoms with Crippen LogP contribution in [0.2, 0.25) is 0 Å². The molecule has 0 saturated carbocycles. The number of thiophene rings is 1. The number of hydrogen-bond acceptors (Lipinski definition) is 3. The Balaban J connectivity index is 1.68. The molecule has 1 atom stereocenters. The minimum atomic E-state index is 0.589. The minimum absolute atomic E-state index is 0.589. The molecule has 1 aromatic heterocycles. The normalized spacial score (nSPS) is 19.4. The van der Waals surface area contributed by atoms with E-state index in [4.69, 9.17) is 0 Å². The van der Waals surface area contributed by atoms with E-state index in [-0.39, 0.29) is 0 Å². The summed E-state index contributed by atoms with van der Waals surface area (Å²) in [6.45, 7) is 7.09. The van der Waals surface area contributed by atoms with Crippen molar-refractivity contribution in [3.8, 4) is 0 Å². The molecule has 0 aliphatic carbocycles. The van der Waals surface area contributed by atoms with Crippen LogP contribution < -0.4 is 5.32 Å². The predicted octanol–water partition coefficient (Wildman–Crippen LogP) is 3.32. The first-order valence-corrected chi connectivity index (χ1v) is 8.38. The van der Waals surface area contributed by atoms with Crippen molar-refractivity contribution >= 4 is 33.9 Å². The van der Waals surface area contributed by atoms with Crippen LogP contribution in [0.1, 0.15) is 31.7 Å². The molecule has 1 aliphatic rings. The molecule has 0 amide bonds. The molecule has 0 radical (unpaired) electrons. The second-order valence-electron chi connectivity index (χ2n) is 4.90. The van der Waals surface area contributed by atoms with E-state index in [1.807, 2.05) is 11.3 Å². The molecule has 1 unspecified atom stereocenters. The highest BCUT2D eigenvalue weighted by Crippen LogP contribution is 2.16. The highest BCUT2D eigenvalue weighted by atomic mass is 127. The molecule has 1 N–H and O–H groups in total. The summed E-state index contributed by atoms with van der Waals surface area (Å²) in [6, 6.07) is 2.86. The van der Waals surface area contributed by atoms with Crippen molar-refractivity contribution < 1.29 is 0 Å². The Hall–Kier alpha value is 0.350. The average Bonchev–Trinajstić information content (AvgIpc) is 2.74. The van der Waals surface area contributed by atoms with Gasteiger partial charge in [0.15, 0.2) is 0 Å². The Morgan fingerprint density at radius 1 is 1.41 bits per heavy atom. The van der Waals surface area contributed by atoms with Crippen LogP contribution in [0.15, 0.2) is 11.4 Å². The van der Waals surface area contributed by atoms with E-state index in [0.717, 1.165) is 6.54 Å². The smallest absolute Gasteiger partial charge is 0.0656 e. The van der Waals surface area contributed by atoms with E-state index >= 15 is 0 Å². The van der Waals surface area contributed by atoms with Crippen molar-refractivity contribution in [3.05, 3.63) is 19.9 Å². The van der Waals surface area contributed by atoms with Crippen LogP contribution in [0.25, 0.3) is 0 Å². The van der Waals surface area contributed by atoms with Crippen molar-refractivity contribution in [1.29, 1.82) is 0 Å². The first-order chi connectivity index (χ1) is 8.24. The third-order valence-electron chi connectivity index (χ3n) is 3.26. The van der Waals surface area contributed by atoms with E-state index < -0.39 is 0 Å². The molecule has 0 spiro atoms. The molecule has 1 fully saturated rings. The van der Waals surface area contributed by atoms with Gasteiger partial charge >= 0.3 is 0 Å². The van der Waals surface area contributed by atoms with Crippen LogP contribution in [0, 0.1) is 2.88 Å². The first kappa shape index (κ1) is 13.8. The minimum Gasteiger partial charge on any atom is -0.309 e. The predicted molar refractivity (Wildman–Crippen MR) is 83.6 cm³/mol. The molecule has 17 heavy (non-hydrogen) atoms. The van der Waals surface area contributed by atoms with Crippen LogP contribution in [0.5, 0.6) is 0 Å². The lowest BCUT2D eigenvalue weighted by Crippen LogP contribution is -2.41. The van der Waals surface area contributed by atoms with E-state index in [1.165, 1.54) is 47.3 Å². The second kappa shape index (κ2) is 7.07. The zero-order valence-electron chi connectivity index (χ0n) is 10.4.